The molecule has 0 fully saturated rings. The zero-order chi connectivity index (χ0) is 23.9. The maximum atomic E-state index is 14.6. The fourth-order valence-corrected chi connectivity index (χ4v) is 3.92. The minimum atomic E-state index is -0.882. The van der Waals surface area contributed by atoms with E-state index in [1.807, 2.05) is 39.0 Å². The number of hydrogen-bond acceptors (Lipinski definition) is 4. The molecule has 0 bridgehead atoms. The molecule has 168 valence electrons. The number of imide groups is 1. The van der Waals surface area contributed by atoms with Crippen LogP contribution in [0.25, 0.3) is 5.57 Å². The Morgan fingerprint density at radius 3 is 2.24 bits per heavy atom. The molecular formula is C26H22F2N2O3. The van der Waals surface area contributed by atoms with Gasteiger partial charge in [-0.15, -0.1) is 0 Å². The van der Waals surface area contributed by atoms with Crippen LogP contribution in [0.3, 0.4) is 0 Å². The van der Waals surface area contributed by atoms with Gasteiger partial charge < -0.3 is 10.1 Å². The molecule has 33 heavy (non-hydrogen) atoms. The van der Waals surface area contributed by atoms with Crippen LogP contribution in [0.1, 0.15) is 22.3 Å². The smallest absolute Gasteiger partial charge is 0.282 e. The van der Waals surface area contributed by atoms with Crippen molar-refractivity contribution in [2.24, 2.45) is 0 Å². The van der Waals surface area contributed by atoms with Gasteiger partial charge in [0, 0.05) is 6.07 Å². The first kappa shape index (κ1) is 22.2. The number of anilines is 2. The number of methoxy groups -OCH3 is 1. The quantitative estimate of drug-likeness (QED) is 0.539. The van der Waals surface area contributed by atoms with Crippen LogP contribution in [0, 0.1) is 32.4 Å². The SMILES string of the molecule is COc1ccc(C)cc1NC1=C(c2ccc(C)cc2C)C(=O)N(c2cc(F)ccc2F)C1=O. The minimum absolute atomic E-state index is 0.0421. The van der Waals surface area contributed by atoms with Crippen molar-refractivity contribution in [3.8, 4) is 5.75 Å². The largest absolute Gasteiger partial charge is 0.495 e. The zero-order valence-electron chi connectivity index (χ0n) is 18.6. The van der Waals surface area contributed by atoms with Crippen molar-refractivity contribution in [2.75, 3.05) is 17.3 Å². The lowest BCUT2D eigenvalue weighted by atomic mass is 9.97. The molecule has 1 aliphatic rings. The van der Waals surface area contributed by atoms with E-state index in [9.17, 15) is 18.4 Å². The number of ether oxygens (including phenoxy) is 1. The molecule has 3 aromatic carbocycles. The van der Waals surface area contributed by atoms with Crippen molar-refractivity contribution in [2.45, 2.75) is 20.8 Å². The highest BCUT2D eigenvalue weighted by atomic mass is 19.1. The Balaban J connectivity index is 1.92. The van der Waals surface area contributed by atoms with Crippen LogP contribution in [0.4, 0.5) is 20.2 Å². The van der Waals surface area contributed by atoms with E-state index in [1.165, 1.54) is 7.11 Å². The summed E-state index contributed by atoms with van der Waals surface area (Å²) in [6, 6.07) is 13.5. The van der Waals surface area contributed by atoms with E-state index in [4.69, 9.17) is 4.74 Å². The number of halogens is 2. The van der Waals surface area contributed by atoms with Crippen molar-refractivity contribution < 1.29 is 23.1 Å². The Bertz CT molecular complexity index is 1330. The maximum absolute atomic E-state index is 14.6. The van der Waals surface area contributed by atoms with Crippen LogP contribution in [0.5, 0.6) is 5.75 Å². The lowest BCUT2D eigenvalue weighted by molar-refractivity contribution is -0.120. The number of rotatable bonds is 5. The summed E-state index contributed by atoms with van der Waals surface area (Å²) in [5.41, 5.74) is 3.23. The van der Waals surface area contributed by atoms with Gasteiger partial charge in [0.15, 0.2) is 0 Å². The molecule has 1 N–H and O–H groups in total. The summed E-state index contributed by atoms with van der Waals surface area (Å²) in [6.45, 7) is 5.61. The molecule has 1 heterocycles. The van der Waals surface area contributed by atoms with Crippen molar-refractivity contribution in [1.82, 2.24) is 0 Å². The lowest BCUT2D eigenvalue weighted by Gasteiger charge is -2.17. The van der Waals surface area contributed by atoms with Crippen LogP contribution in [-0.4, -0.2) is 18.9 Å². The number of amides is 2. The summed E-state index contributed by atoms with van der Waals surface area (Å²) >= 11 is 0. The fraction of sp³-hybridized carbons (Fsp3) is 0.154. The fourth-order valence-electron chi connectivity index (χ4n) is 3.92. The topological polar surface area (TPSA) is 58.6 Å². The molecule has 0 spiro atoms. The Morgan fingerprint density at radius 2 is 1.55 bits per heavy atom. The van der Waals surface area contributed by atoms with Gasteiger partial charge in [0.1, 0.15) is 23.1 Å². The second kappa shape index (κ2) is 8.50. The second-order valence-electron chi connectivity index (χ2n) is 7.94. The Kier molecular flexibility index (Phi) is 5.72. The van der Waals surface area contributed by atoms with Gasteiger partial charge in [0.25, 0.3) is 11.8 Å². The molecule has 4 rings (SSSR count). The molecule has 0 aromatic heterocycles. The summed E-state index contributed by atoms with van der Waals surface area (Å²) in [5, 5.41) is 3.03. The summed E-state index contributed by atoms with van der Waals surface area (Å²) in [7, 11) is 1.49. The maximum Gasteiger partial charge on any atom is 0.282 e. The van der Waals surface area contributed by atoms with Crippen LogP contribution in [-0.2, 0) is 9.59 Å². The van der Waals surface area contributed by atoms with E-state index in [1.54, 1.807) is 18.2 Å². The molecule has 3 aromatic rings. The van der Waals surface area contributed by atoms with E-state index in [0.717, 1.165) is 34.9 Å². The number of aryl methyl sites for hydroxylation is 3. The van der Waals surface area contributed by atoms with Gasteiger partial charge in [-0.3, -0.25) is 9.59 Å². The number of nitrogens with zero attached hydrogens (tertiary/aromatic N) is 1. The van der Waals surface area contributed by atoms with E-state index < -0.39 is 29.1 Å². The lowest BCUT2D eigenvalue weighted by Crippen LogP contribution is -2.33. The van der Waals surface area contributed by atoms with E-state index >= 15 is 0 Å². The number of nitrogens with one attached hydrogen (secondary N) is 1. The summed E-state index contributed by atoms with van der Waals surface area (Å²) in [4.78, 5) is 27.7. The first-order valence-corrected chi connectivity index (χ1v) is 10.3. The Morgan fingerprint density at radius 1 is 0.848 bits per heavy atom. The molecule has 0 radical (unpaired) electrons. The summed E-state index contributed by atoms with van der Waals surface area (Å²) in [6.07, 6.45) is 0. The van der Waals surface area contributed by atoms with Gasteiger partial charge in [-0.2, -0.15) is 0 Å². The molecule has 7 heteroatoms. The zero-order valence-corrected chi connectivity index (χ0v) is 18.6. The average Bonchev–Trinajstić information content (AvgIpc) is 3.00. The molecule has 0 aliphatic carbocycles. The van der Waals surface area contributed by atoms with Gasteiger partial charge in [0.2, 0.25) is 0 Å². The molecule has 0 saturated heterocycles. The van der Waals surface area contributed by atoms with Crippen LogP contribution in [0.15, 0.2) is 60.3 Å². The van der Waals surface area contributed by atoms with Crippen molar-refractivity contribution in [3.05, 3.63) is 94.2 Å². The first-order valence-electron chi connectivity index (χ1n) is 10.3. The van der Waals surface area contributed by atoms with Crippen LogP contribution >= 0.6 is 0 Å². The monoisotopic (exact) mass is 448 g/mol. The van der Waals surface area contributed by atoms with Crippen LogP contribution in [0.2, 0.25) is 0 Å². The Labute approximate surface area is 190 Å². The van der Waals surface area contributed by atoms with Crippen molar-refractivity contribution >= 4 is 28.8 Å². The Hall–Kier alpha value is -4.00. The number of carbonyl (C=O) groups is 2. The normalized spacial score (nSPS) is 13.7. The van der Waals surface area contributed by atoms with E-state index in [0.29, 0.717) is 21.9 Å². The second-order valence-corrected chi connectivity index (χ2v) is 7.94. The highest BCUT2D eigenvalue weighted by Crippen LogP contribution is 2.38. The van der Waals surface area contributed by atoms with Crippen molar-refractivity contribution in [1.29, 1.82) is 0 Å². The average molecular weight is 448 g/mol. The molecule has 5 nitrogen and oxygen atoms in total. The molecule has 1 aliphatic heterocycles. The molecular weight excluding hydrogens is 426 g/mol. The third kappa shape index (κ3) is 3.98. The van der Waals surface area contributed by atoms with Gasteiger partial charge in [-0.25, -0.2) is 13.7 Å². The third-order valence-electron chi connectivity index (χ3n) is 5.50. The predicted molar refractivity (Wildman–Crippen MR) is 123 cm³/mol. The van der Waals surface area contributed by atoms with Gasteiger partial charge in [-0.1, -0.05) is 29.8 Å². The minimum Gasteiger partial charge on any atom is -0.495 e. The van der Waals surface area contributed by atoms with Gasteiger partial charge in [-0.05, 0) is 61.7 Å². The molecule has 0 unspecified atom stereocenters. The number of carbonyl (C=O) groups excluding carboxylic acids is 2. The van der Waals surface area contributed by atoms with Gasteiger partial charge in [0.05, 0.1) is 24.1 Å². The van der Waals surface area contributed by atoms with Crippen LogP contribution < -0.4 is 15.0 Å². The third-order valence-corrected chi connectivity index (χ3v) is 5.50. The number of hydrogen-bond donors (Lipinski definition) is 1. The van der Waals surface area contributed by atoms with E-state index in [2.05, 4.69) is 5.32 Å². The molecule has 0 saturated carbocycles. The highest BCUT2D eigenvalue weighted by molar-refractivity contribution is 6.46. The summed E-state index contributed by atoms with van der Waals surface area (Å²) in [5.74, 6) is -2.72. The highest BCUT2D eigenvalue weighted by Gasteiger charge is 2.42. The van der Waals surface area contributed by atoms with Gasteiger partial charge >= 0.3 is 0 Å². The standard InChI is InChI=1S/C26H22F2N2O3/c1-14-5-8-18(16(3)11-14)23-24(29-20-12-15(2)6-10-22(20)33-4)26(32)30(25(23)31)21-13-17(27)7-9-19(21)28/h5-13,29H,1-4H3. The number of benzene rings is 3. The van der Waals surface area contributed by atoms with E-state index in [-0.39, 0.29) is 11.3 Å². The van der Waals surface area contributed by atoms with Crippen molar-refractivity contribution in [3.63, 3.8) is 0 Å². The molecule has 2 amide bonds. The molecule has 0 atom stereocenters. The summed E-state index contributed by atoms with van der Waals surface area (Å²) < 4.78 is 33.9. The first-order chi connectivity index (χ1) is 15.7. The predicted octanol–water partition coefficient (Wildman–Crippen LogP) is 5.30.